The van der Waals surface area contributed by atoms with E-state index in [1.165, 1.54) is 12.0 Å². The van der Waals surface area contributed by atoms with Gasteiger partial charge in [-0.3, -0.25) is 9.59 Å². The van der Waals surface area contributed by atoms with E-state index in [0.717, 1.165) is 12.1 Å². The first-order valence-corrected chi connectivity index (χ1v) is 7.11. The summed E-state index contributed by atoms with van der Waals surface area (Å²) in [4.78, 5) is 25.0. The largest absolute Gasteiger partial charge is 0.495 e. The molecule has 24 heavy (non-hydrogen) atoms. The molecule has 0 spiro atoms. The van der Waals surface area contributed by atoms with Gasteiger partial charge in [0.25, 0.3) is 5.91 Å². The van der Waals surface area contributed by atoms with Gasteiger partial charge in [-0.25, -0.2) is 8.78 Å². The first kappa shape index (κ1) is 17.4. The van der Waals surface area contributed by atoms with Crippen LogP contribution in [0.2, 0.25) is 0 Å². The average molecular weight is 334 g/mol. The van der Waals surface area contributed by atoms with Crippen molar-refractivity contribution < 1.29 is 23.1 Å². The number of methoxy groups -OCH3 is 1. The van der Waals surface area contributed by atoms with E-state index in [1.807, 2.05) is 0 Å². The van der Waals surface area contributed by atoms with E-state index in [-0.39, 0.29) is 18.5 Å². The van der Waals surface area contributed by atoms with Crippen LogP contribution >= 0.6 is 0 Å². The van der Waals surface area contributed by atoms with E-state index in [2.05, 4.69) is 0 Å². The molecule has 0 aliphatic rings. The first-order valence-electron chi connectivity index (χ1n) is 7.11. The fourth-order valence-electron chi connectivity index (χ4n) is 2.24. The molecule has 0 unspecified atom stereocenters. The van der Waals surface area contributed by atoms with Crippen molar-refractivity contribution in [2.75, 3.05) is 18.6 Å². The van der Waals surface area contributed by atoms with Crippen molar-refractivity contribution in [3.8, 4) is 5.75 Å². The number of amides is 2. The van der Waals surface area contributed by atoms with Crippen LogP contribution in [0, 0.1) is 11.6 Å². The van der Waals surface area contributed by atoms with Crippen LogP contribution in [0.3, 0.4) is 0 Å². The number of halogens is 2. The maximum atomic E-state index is 13.4. The predicted octanol–water partition coefficient (Wildman–Crippen LogP) is 2.50. The third-order valence-corrected chi connectivity index (χ3v) is 3.31. The highest BCUT2D eigenvalue weighted by molar-refractivity contribution is 6.07. The van der Waals surface area contributed by atoms with Crippen molar-refractivity contribution in [1.82, 2.24) is 0 Å². The zero-order valence-electron chi connectivity index (χ0n) is 13.0. The number of hydrogen-bond acceptors (Lipinski definition) is 3. The van der Waals surface area contributed by atoms with Crippen LogP contribution in [0.5, 0.6) is 5.75 Å². The molecule has 0 aliphatic heterocycles. The molecule has 0 heterocycles. The van der Waals surface area contributed by atoms with Gasteiger partial charge >= 0.3 is 0 Å². The quantitative estimate of drug-likeness (QED) is 0.882. The highest BCUT2D eigenvalue weighted by Gasteiger charge is 2.22. The molecule has 126 valence electrons. The zero-order valence-corrected chi connectivity index (χ0v) is 13.0. The Kier molecular flexibility index (Phi) is 5.47. The van der Waals surface area contributed by atoms with Gasteiger partial charge in [0.05, 0.1) is 12.8 Å². The van der Waals surface area contributed by atoms with Gasteiger partial charge in [0.2, 0.25) is 5.91 Å². The van der Waals surface area contributed by atoms with E-state index >= 15 is 0 Å². The summed E-state index contributed by atoms with van der Waals surface area (Å²) < 4.78 is 32.0. The molecule has 2 N–H and O–H groups in total. The summed E-state index contributed by atoms with van der Waals surface area (Å²) >= 11 is 0. The summed E-state index contributed by atoms with van der Waals surface area (Å²) in [5, 5.41) is 0. The minimum absolute atomic E-state index is 0.0489. The topological polar surface area (TPSA) is 72.6 Å². The van der Waals surface area contributed by atoms with Crippen molar-refractivity contribution in [2.24, 2.45) is 5.73 Å². The standard InChI is InChI=1S/C17H16F2N2O3/c1-24-15-5-3-2-4-14(15)21(7-6-16(20)22)17(23)11-8-12(18)10-13(19)9-11/h2-5,8-10H,6-7H2,1H3,(H2,20,22). The number of hydrogen-bond donors (Lipinski definition) is 1. The van der Waals surface area contributed by atoms with Crippen LogP contribution in [-0.4, -0.2) is 25.5 Å². The van der Waals surface area contributed by atoms with Gasteiger partial charge in [0, 0.05) is 24.6 Å². The molecule has 0 fully saturated rings. The van der Waals surface area contributed by atoms with Crippen LogP contribution in [0.15, 0.2) is 42.5 Å². The summed E-state index contributed by atoms with van der Waals surface area (Å²) in [6.45, 7) is -0.0489. The highest BCUT2D eigenvalue weighted by Crippen LogP contribution is 2.29. The second kappa shape index (κ2) is 7.54. The Morgan fingerprint density at radius 3 is 2.33 bits per heavy atom. The van der Waals surface area contributed by atoms with Gasteiger partial charge in [-0.1, -0.05) is 12.1 Å². The Balaban J connectivity index is 2.45. The molecule has 2 rings (SSSR count). The second-order valence-corrected chi connectivity index (χ2v) is 5.00. The molecule has 0 bridgehead atoms. The molecule has 0 saturated carbocycles. The van der Waals surface area contributed by atoms with E-state index in [0.29, 0.717) is 17.5 Å². The van der Waals surface area contributed by atoms with Crippen LogP contribution < -0.4 is 15.4 Å². The van der Waals surface area contributed by atoms with Crippen LogP contribution in [0.25, 0.3) is 0 Å². The number of carbonyl (C=O) groups is 2. The average Bonchev–Trinajstić information content (AvgIpc) is 2.54. The van der Waals surface area contributed by atoms with Gasteiger partial charge in [-0.15, -0.1) is 0 Å². The second-order valence-electron chi connectivity index (χ2n) is 5.00. The van der Waals surface area contributed by atoms with Gasteiger partial charge < -0.3 is 15.4 Å². The van der Waals surface area contributed by atoms with E-state index < -0.39 is 23.4 Å². The summed E-state index contributed by atoms with van der Waals surface area (Å²) in [5.41, 5.74) is 5.34. The SMILES string of the molecule is COc1ccccc1N(CCC(N)=O)C(=O)c1cc(F)cc(F)c1. The zero-order chi connectivity index (χ0) is 17.7. The summed E-state index contributed by atoms with van der Waals surface area (Å²) in [5.74, 6) is -2.62. The lowest BCUT2D eigenvalue weighted by atomic mass is 10.1. The molecule has 0 atom stereocenters. The molecular formula is C17H16F2N2O3. The normalized spacial score (nSPS) is 10.3. The predicted molar refractivity (Wildman–Crippen MR) is 84.8 cm³/mol. The minimum Gasteiger partial charge on any atom is -0.495 e. The number of carbonyl (C=O) groups excluding carboxylic acids is 2. The number of ether oxygens (including phenoxy) is 1. The highest BCUT2D eigenvalue weighted by atomic mass is 19.1. The Labute approximate surface area is 137 Å². The lowest BCUT2D eigenvalue weighted by Gasteiger charge is -2.24. The maximum Gasteiger partial charge on any atom is 0.258 e. The smallest absolute Gasteiger partial charge is 0.258 e. The molecule has 5 nitrogen and oxygen atoms in total. The fourth-order valence-corrected chi connectivity index (χ4v) is 2.24. The van der Waals surface area contributed by atoms with Crippen molar-refractivity contribution in [2.45, 2.75) is 6.42 Å². The molecule has 2 aromatic carbocycles. The van der Waals surface area contributed by atoms with Crippen LogP contribution in [0.1, 0.15) is 16.8 Å². The number of benzene rings is 2. The van der Waals surface area contributed by atoms with Crippen molar-refractivity contribution in [3.05, 3.63) is 59.7 Å². The fraction of sp³-hybridized carbons (Fsp3) is 0.176. The monoisotopic (exact) mass is 334 g/mol. The molecule has 2 amide bonds. The number of para-hydroxylation sites is 2. The van der Waals surface area contributed by atoms with E-state index in [9.17, 15) is 18.4 Å². The Morgan fingerprint density at radius 1 is 1.12 bits per heavy atom. The Morgan fingerprint density at radius 2 is 1.75 bits per heavy atom. The number of anilines is 1. The number of nitrogens with zero attached hydrogens (tertiary/aromatic N) is 1. The maximum absolute atomic E-state index is 13.4. The van der Waals surface area contributed by atoms with Gasteiger partial charge in [-0.2, -0.15) is 0 Å². The number of rotatable bonds is 6. The molecule has 0 aromatic heterocycles. The van der Waals surface area contributed by atoms with E-state index in [1.54, 1.807) is 24.3 Å². The molecule has 0 aliphatic carbocycles. The van der Waals surface area contributed by atoms with Gasteiger partial charge in [0.1, 0.15) is 17.4 Å². The van der Waals surface area contributed by atoms with Crippen LogP contribution in [0.4, 0.5) is 14.5 Å². The summed E-state index contributed by atoms with van der Waals surface area (Å²) in [7, 11) is 1.43. The lowest BCUT2D eigenvalue weighted by molar-refractivity contribution is -0.117. The Hall–Kier alpha value is -2.96. The van der Waals surface area contributed by atoms with Crippen molar-refractivity contribution >= 4 is 17.5 Å². The number of nitrogens with two attached hydrogens (primary N) is 1. The lowest BCUT2D eigenvalue weighted by Crippen LogP contribution is -2.34. The van der Waals surface area contributed by atoms with Gasteiger partial charge in [0.15, 0.2) is 0 Å². The summed E-state index contributed by atoms with van der Waals surface area (Å²) in [6, 6.07) is 9.15. The third kappa shape index (κ3) is 4.07. The Bertz CT molecular complexity index is 745. The van der Waals surface area contributed by atoms with Crippen LogP contribution in [-0.2, 0) is 4.79 Å². The van der Waals surface area contributed by atoms with E-state index in [4.69, 9.17) is 10.5 Å². The van der Waals surface area contributed by atoms with Crippen molar-refractivity contribution in [1.29, 1.82) is 0 Å². The number of primary amides is 1. The summed E-state index contributed by atoms with van der Waals surface area (Å²) in [6.07, 6.45) is -0.110. The molecule has 0 radical (unpaired) electrons. The minimum atomic E-state index is -0.867. The third-order valence-electron chi connectivity index (χ3n) is 3.31. The molecule has 0 saturated heterocycles. The molecule has 2 aromatic rings. The van der Waals surface area contributed by atoms with Crippen molar-refractivity contribution in [3.63, 3.8) is 0 Å². The first-order chi connectivity index (χ1) is 11.4. The molecular weight excluding hydrogens is 318 g/mol. The van der Waals surface area contributed by atoms with Gasteiger partial charge in [-0.05, 0) is 24.3 Å². The molecule has 7 heteroatoms.